The minimum Gasteiger partial charge on any atom is -0.351 e. The van der Waals surface area contributed by atoms with Gasteiger partial charge >= 0.3 is 0 Å². The fourth-order valence-corrected chi connectivity index (χ4v) is 4.36. The van der Waals surface area contributed by atoms with E-state index < -0.39 is 17.8 Å². The van der Waals surface area contributed by atoms with Crippen molar-refractivity contribution in [2.45, 2.75) is 51.1 Å². The average molecular weight is 446 g/mol. The summed E-state index contributed by atoms with van der Waals surface area (Å²) < 4.78 is 13.7. The third-order valence-electron chi connectivity index (χ3n) is 6.03. The molecule has 1 saturated carbocycles. The lowest BCUT2D eigenvalue weighted by molar-refractivity contribution is -0.123. The average Bonchev–Trinajstić information content (AvgIpc) is 2.84. The molecule has 0 spiro atoms. The van der Waals surface area contributed by atoms with Crippen molar-refractivity contribution in [3.63, 3.8) is 0 Å². The molecule has 2 aromatic carbocycles. The van der Waals surface area contributed by atoms with Crippen LogP contribution in [0.1, 0.15) is 59.8 Å². The second-order valence-electron chi connectivity index (χ2n) is 8.53. The molecule has 4 rings (SSSR count). The van der Waals surface area contributed by atoms with Gasteiger partial charge in [-0.15, -0.1) is 0 Å². The van der Waals surface area contributed by atoms with Gasteiger partial charge in [0.1, 0.15) is 17.6 Å². The van der Waals surface area contributed by atoms with Crippen LogP contribution in [0.5, 0.6) is 0 Å². The summed E-state index contributed by atoms with van der Waals surface area (Å²) in [6, 6.07) is 17.4. The molecule has 1 heterocycles. The second kappa shape index (κ2) is 10.4. The van der Waals surface area contributed by atoms with Crippen LogP contribution < -0.4 is 10.2 Å². The van der Waals surface area contributed by atoms with Crippen molar-refractivity contribution in [3.8, 4) is 0 Å². The number of nitrogens with zero attached hydrogens (tertiary/aromatic N) is 2. The minimum absolute atomic E-state index is 0.0681. The molecule has 1 aliphatic carbocycles. The lowest BCUT2D eigenvalue weighted by Crippen LogP contribution is -2.47. The Hall–Kier alpha value is -3.54. The summed E-state index contributed by atoms with van der Waals surface area (Å²) in [5.74, 6) is -1.07. The molecule has 0 saturated heterocycles. The largest absolute Gasteiger partial charge is 0.351 e. The summed E-state index contributed by atoms with van der Waals surface area (Å²) in [6.45, 7) is 1.93. The number of benzene rings is 2. The molecule has 1 atom stereocenters. The van der Waals surface area contributed by atoms with E-state index in [-0.39, 0.29) is 17.6 Å². The number of carbonyl (C=O) groups excluding carboxylic acids is 2. The zero-order chi connectivity index (χ0) is 23.2. The van der Waals surface area contributed by atoms with Gasteiger partial charge in [0, 0.05) is 17.9 Å². The predicted octanol–water partition coefficient (Wildman–Crippen LogP) is 5.37. The lowest BCUT2D eigenvalue weighted by atomic mass is 9.94. The number of halogens is 1. The molecule has 1 aliphatic rings. The lowest BCUT2D eigenvalue weighted by Gasteiger charge is -2.33. The number of anilines is 1. The maximum Gasteiger partial charge on any atom is 0.277 e. The van der Waals surface area contributed by atoms with E-state index in [1.807, 2.05) is 25.1 Å². The number of aryl methyl sites for hydroxylation is 1. The molecule has 5 nitrogen and oxygen atoms in total. The van der Waals surface area contributed by atoms with Crippen molar-refractivity contribution >= 4 is 17.5 Å². The van der Waals surface area contributed by atoms with Crippen molar-refractivity contribution in [1.29, 1.82) is 0 Å². The van der Waals surface area contributed by atoms with Crippen LogP contribution in [0.25, 0.3) is 0 Å². The van der Waals surface area contributed by atoms with E-state index >= 15 is 0 Å². The number of nitrogens with one attached hydrogen (secondary N) is 1. The van der Waals surface area contributed by atoms with Crippen molar-refractivity contribution < 1.29 is 14.0 Å². The highest BCUT2D eigenvalue weighted by Crippen LogP contribution is 2.31. The number of rotatable bonds is 6. The third-order valence-corrected chi connectivity index (χ3v) is 6.03. The van der Waals surface area contributed by atoms with E-state index in [9.17, 15) is 14.0 Å². The molecule has 6 heteroatoms. The van der Waals surface area contributed by atoms with Gasteiger partial charge in [0.25, 0.3) is 5.91 Å². The van der Waals surface area contributed by atoms with E-state index in [0.717, 1.165) is 31.2 Å². The minimum atomic E-state index is -0.969. The Morgan fingerprint density at radius 2 is 1.76 bits per heavy atom. The first-order chi connectivity index (χ1) is 16.0. The topological polar surface area (TPSA) is 62.3 Å². The summed E-state index contributed by atoms with van der Waals surface area (Å²) in [7, 11) is 0. The first-order valence-electron chi connectivity index (χ1n) is 11.4. The zero-order valence-corrected chi connectivity index (χ0v) is 18.7. The highest BCUT2D eigenvalue weighted by atomic mass is 19.1. The Balaban J connectivity index is 1.80. The summed E-state index contributed by atoms with van der Waals surface area (Å²) in [4.78, 5) is 33.2. The highest BCUT2D eigenvalue weighted by molar-refractivity contribution is 6.09. The van der Waals surface area contributed by atoms with Gasteiger partial charge in [-0.3, -0.25) is 19.5 Å². The number of hydrogen-bond donors (Lipinski definition) is 1. The Kier molecular flexibility index (Phi) is 7.13. The summed E-state index contributed by atoms with van der Waals surface area (Å²) in [5, 5.41) is 3.16. The van der Waals surface area contributed by atoms with Gasteiger partial charge in [-0.1, -0.05) is 49.6 Å². The van der Waals surface area contributed by atoms with Crippen LogP contribution in [0.15, 0.2) is 72.9 Å². The Labute approximate surface area is 193 Å². The van der Waals surface area contributed by atoms with Gasteiger partial charge in [0.05, 0.1) is 0 Å². The van der Waals surface area contributed by atoms with Crippen LogP contribution in [-0.2, 0) is 4.79 Å². The molecule has 1 aromatic heterocycles. The van der Waals surface area contributed by atoms with Crippen LogP contribution in [0.4, 0.5) is 10.1 Å². The Morgan fingerprint density at radius 1 is 1.00 bits per heavy atom. The van der Waals surface area contributed by atoms with Gasteiger partial charge in [-0.05, 0) is 67.3 Å². The molecule has 3 aromatic rings. The van der Waals surface area contributed by atoms with Crippen molar-refractivity contribution in [3.05, 3.63) is 95.6 Å². The molecule has 33 heavy (non-hydrogen) atoms. The van der Waals surface area contributed by atoms with E-state index in [1.165, 1.54) is 23.5 Å². The van der Waals surface area contributed by atoms with Crippen LogP contribution in [0, 0.1) is 12.7 Å². The van der Waals surface area contributed by atoms with Crippen molar-refractivity contribution in [2.24, 2.45) is 0 Å². The van der Waals surface area contributed by atoms with Crippen LogP contribution in [0.2, 0.25) is 0 Å². The molecule has 0 radical (unpaired) electrons. The molecule has 0 aliphatic heterocycles. The molecular weight excluding hydrogens is 417 g/mol. The summed E-state index contributed by atoms with van der Waals surface area (Å²) in [5.41, 5.74) is 2.31. The van der Waals surface area contributed by atoms with Crippen LogP contribution in [0.3, 0.4) is 0 Å². The fourth-order valence-electron chi connectivity index (χ4n) is 4.36. The van der Waals surface area contributed by atoms with E-state index in [2.05, 4.69) is 10.3 Å². The molecule has 170 valence electrons. The standard InChI is InChI=1S/C27H28FN3O2/c1-19-8-7-11-23(18-19)31(27(33)24-12-5-6-17-29-24)25(20-13-15-21(28)16-14-20)26(32)30-22-9-3-2-4-10-22/h5-8,11-18,22,25H,2-4,9-10H2,1H3,(H,30,32)/t25-/m1/s1. The Morgan fingerprint density at radius 3 is 2.42 bits per heavy atom. The van der Waals surface area contributed by atoms with Gasteiger partial charge < -0.3 is 5.32 Å². The van der Waals surface area contributed by atoms with Crippen LogP contribution in [-0.4, -0.2) is 22.8 Å². The normalized spacial score (nSPS) is 15.0. The highest BCUT2D eigenvalue weighted by Gasteiger charge is 2.35. The number of amides is 2. The van der Waals surface area contributed by atoms with Gasteiger partial charge in [0.2, 0.25) is 5.91 Å². The van der Waals surface area contributed by atoms with E-state index in [0.29, 0.717) is 11.3 Å². The number of aromatic nitrogens is 1. The van der Waals surface area contributed by atoms with Gasteiger partial charge in [0.15, 0.2) is 0 Å². The van der Waals surface area contributed by atoms with Gasteiger partial charge in [-0.25, -0.2) is 4.39 Å². The van der Waals surface area contributed by atoms with E-state index in [4.69, 9.17) is 0 Å². The predicted molar refractivity (Wildman–Crippen MR) is 126 cm³/mol. The third kappa shape index (κ3) is 5.45. The maximum absolute atomic E-state index is 13.7. The molecule has 0 bridgehead atoms. The molecule has 1 fully saturated rings. The quantitative estimate of drug-likeness (QED) is 0.555. The number of pyridine rings is 1. The molecule has 1 N–H and O–H groups in total. The monoisotopic (exact) mass is 445 g/mol. The first-order valence-corrected chi connectivity index (χ1v) is 11.4. The number of carbonyl (C=O) groups is 2. The molecule has 2 amide bonds. The van der Waals surface area contributed by atoms with Crippen molar-refractivity contribution in [1.82, 2.24) is 10.3 Å². The SMILES string of the molecule is Cc1cccc(N(C(=O)c2ccccn2)[C@@H](C(=O)NC2CCCCC2)c2ccc(F)cc2)c1. The zero-order valence-electron chi connectivity index (χ0n) is 18.7. The smallest absolute Gasteiger partial charge is 0.277 e. The van der Waals surface area contributed by atoms with E-state index in [1.54, 1.807) is 42.6 Å². The number of hydrogen-bond acceptors (Lipinski definition) is 3. The molecule has 0 unspecified atom stereocenters. The Bertz CT molecular complexity index is 1100. The molecular formula is C27H28FN3O2. The second-order valence-corrected chi connectivity index (χ2v) is 8.53. The fraction of sp³-hybridized carbons (Fsp3) is 0.296. The van der Waals surface area contributed by atoms with Gasteiger partial charge in [-0.2, -0.15) is 0 Å². The summed E-state index contributed by atoms with van der Waals surface area (Å²) in [6.07, 6.45) is 6.69. The maximum atomic E-state index is 13.7. The van der Waals surface area contributed by atoms with Crippen molar-refractivity contribution in [2.75, 3.05) is 4.90 Å². The summed E-state index contributed by atoms with van der Waals surface area (Å²) >= 11 is 0. The van der Waals surface area contributed by atoms with Crippen LogP contribution >= 0.6 is 0 Å². The first kappa shape index (κ1) is 22.6.